The van der Waals surface area contributed by atoms with Crippen molar-refractivity contribution >= 4 is 46.7 Å². The summed E-state index contributed by atoms with van der Waals surface area (Å²) in [6.07, 6.45) is -1.68. The minimum Gasteiger partial charge on any atom is -0.484 e. The SMILES string of the molecule is Cc1ncc([N+](=O)[O-])n1CCOC(=O)N[C@H](N[C@@H]1COc2ccccc2O1)C(Cl)(Cl)Cl. The smallest absolute Gasteiger partial charge is 0.408 e. The monoisotopic (exact) mass is 493 g/mol. The van der Waals surface area contributed by atoms with Crippen LogP contribution in [0.5, 0.6) is 11.5 Å². The van der Waals surface area contributed by atoms with E-state index in [1.807, 2.05) is 0 Å². The van der Waals surface area contributed by atoms with E-state index in [0.29, 0.717) is 17.3 Å². The van der Waals surface area contributed by atoms with Gasteiger partial charge in [-0.1, -0.05) is 46.9 Å². The van der Waals surface area contributed by atoms with Crippen LogP contribution in [-0.4, -0.2) is 50.0 Å². The van der Waals surface area contributed by atoms with Crippen molar-refractivity contribution in [2.24, 2.45) is 0 Å². The van der Waals surface area contributed by atoms with E-state index in [1.165, 1.54) is 4.57 Å². The van der Waals surface area contributed by atoms with Crippen molar-refractivity contribution < 1.29 is 23.9 Å². The van der Waals surface area contributed by atoms with E-state index in [-0.39, 0.29) is 25.6 Å². The van der Waals surface area contributed by atoms with Crippen LogP contribution in [0.1, 0.15) is 5.82 Å². The van der Waals surface area contributed by atoms with Crippen LogP contribution in [0.4, 0.5) is 10.6 Å². The molecule has 2 atom stereocenters. The van der Waals surface area contributed by atoms with Gasteiger partial charge in [0.05, 0.1) is 0 Å². The number of halogens is 3. The lowest BCUT2D eigenvalue weighted by atomic mass is 10.3. The number of nitrogens with zero attached hydrogens (tertiary/aromatic N) is 3. The average molecular weight is 495 g/mol. The standard InChI is InChI=1S/C17H18Cl3N5O6/c1-10-21-8-14(25(27)28)24(10)6-7-29-16(26)23-15(17(18,19)20)22-13-9-30-11-4-2-3-5-12(11)31-13/h2-5,8,13,15,22H,6-7,9H2,1H3,(H,23,26)/t13-,15-/m0/s1. The van der Waals surface area contributed by atoms with E-state index in [9.17, 15) is 14.9 Å². The van der Waals surface area contributed by atoms with Crippen molar-refractivity contribution in [2.45, 2.75) is 29.7 Å². The first-order chi connectivity index (χ1) is 14.6. The molecule has 1 amide bonds. The number of para-hydroxylation sites is 2. The Kier molecular flexibility index (Phi) is 7.31. The first-order valence-corrected chi connectivity index (χ1v) is 10.1. The molecular formula is C17H18Cl3N5O6. The number of rotatable bonds is 7. The van der Waals surface area contributed by atoms with Gasteiger partial charge in [-0.2, -0.15) is 0 Å². The maximum Gasteiger partial charge on any atom is 0.408 e. The van der Waals surface area contributed by atoms with Crippen molar-refractivity contribution in [1.29, 1.82) is 0 Å². The maximum absolute atomic E-state index is 12.2. The molecule has 0 saturated heterocycles. The summed E-state index contributed by atoms with van der Waals surface area (Å²) in [6, 6.07) is 7.04. The molecule has 0 aliphatic carbocycles. The summed E-state index contributed by atoms with van der Waals surface area (Å²) >= 11 is 17.9. The Morgan fingerprint density at radius 2 is 2.13 bits per heavy atom. The summed E-state index contributed by atoms with van der Waals surface area (Å²) in [7, 11) is 0. The van der Waals surface area contributed by atoms with Crippen LogP contribution >= 0.6 is 34.8 Å². The number of aryl methyl sites for hydroxylation is 1. The Labute approximate surface area is 191 Å². The summed E-state index contributed by atoms with van der Waals surface area (Å²) in [4.78, 5) is 26.5. The highest BCUT2D eigenvalue weighted by atomic mass is 35.6. The number of carbonyl (C=O) groups is 1. The van der Waals surface area contributed by atoms with Gasteiger partial charge in [0.15, 0.2) is 23.6 Å². The Hall–Kier alpha value is -2.47. The molecule has 2 N–H and O–H groups in total. The van der Waals surface area contributed by atoms with Gasteiger partial charge in [-0.15, -0.1) is 0 Å². The molecular weight excluding hydrogens is 477 g/mol. The number of nitro groups is 1. The Morgan fingerprint density at radius 3 is 2.81 bits per heavy atom. The molecule has 1 aliphatic heterocycles. The van der Waals surface area contributed by atoms with E-state index >= 15 is 0 Å². The molecule has 11 nitrogen and oxygen atoms in total. The van der Waals surface area contributed by atoms with Gasteiger partial charge in [0.1, 0.15) is 32.1 Å². The number of ether oxygens (including phenoxy) is 3. The molecule has 1 aromatic carbocycles. The molecule has 1 aliphatic rings. The number of aromatic nitrogens is 2. The van der Waals surface area contributed by atoms with Crippen LogP contribution in [0.3, 0.4) is 0 Å². The van der Waals surface area contributed by atoms with Gasteiger partial charge in [0.25, 0.3) is 0 Å². The van der Waals surface area contributed by atoms with Gasteiger partial charge in [0, 0.05) is 6.92 Å². The Morgan fingerprint density at radius 1 is 1.42 bits per heavy atom. The first kappa shape index (κ1) is 23.2. The number of amides is 1. The minimum atomic E-state index is -1.95. The van der Waals surface area contributed by atoms with Gasteiger partial charge >= 0.3 is 11.9 Å². The van der Waals surface area contributed by atoms with E-state index in [4.69, 9.17) is 49.0 Å². The zero-order valence-electron chi connectivity index (χ0n) is 16.1. The second-order valence-electron chi connectivity index (χ2n) is 6.36. The third kappa shape index (κ3) is 6.03. The number of carbonyl (C=O) groups excluding carboxylic acids is 1. The zero-order chi connectivity index (χ0) is 22.6. The number of imidazole rings is 1. The summed E-state index contributed by atoms with van der Waals surface area (Å²) in [5.41, 5.74) is 0. The first-order valence-electron chi connectivity index (χ1n) is 8.96. The molecule has 168 valence electrons. The third-order valence-electron chi connectivity index (χ3n) is 4.22. The molecule has 0 fully saturated rings. The lowest BCUT2D eigenvalue weighted by Crippen LogP contribution is -2.59. The minimum absolute atomic E-state index is 0.0256. The number of nitrogens with one attached hydrogen (secondary N) is 2. The highest BCUT2D eigenvalue weighted by Gasteiger charge is 2.37. The number of benzene rings is 1. The Bertz CT molecular complexity index is 951. The largest absolute Gasteiger partial charge is 0.484 e. The van der Waals surface area contributed by atoms with Crippen LogP contribution in [0.2, 0.25) is 0 Å². The normalized spacial score (nSPS) is 16.5. The maximum atomic E-state index is 12.2. The molecule has 0 radical (unpaired) electrons. The van der Waals surface area contributed by atoms with Crippen LogP contribution in [0, 0.1) is 17.0 Å². The van der Waals surface area contributed by atoms with Gasteiger partial charge in [-0.3, -0.25) is 5.32 Å². The molecule has 2 aromatic rings. The molecule has 1 aromatic heterocycles. The molecule has 0 bridgehead atoms. The molecule has 2 heterocycles. The fraction of sp³-hybridized carbons (Fsp3) is 0.412. The van der Waals surface area contributed by atoms with Crippen LogP contribution < -0.4 is 20.1 Å². The fourth-order valence-corrected chi connectivity index (χ4v) is 3.13. The number of hydrogen-bond acceptors (Lipinski definition) is 8. The third-order valence-corrected chi connectivity index (χ3v) is 4.87. The quantitative estimate of drug-likeness (QED) is 0.260. The molecule has 0 unspecified atom stereocenters. The van der Waals surface area contributed by atoms with Gasteiger partial charge in [0.2, 0.25) is 3.79 Å². The topological polar surface area (TPSA) is 130 Å². The second kappa shape index (κ2) is 9.77. The second-order valence-corrected chi connectivity index (χ2v) is 8.73. The molecule has 0 saturated carbocycles. The number of alkyl carbamates (subject to hydrolysis) is 1. The van der Waals surface area contributed by atoms with Gasteiger partial charge in [-0.25, -0.2) is 14.3 Å². The lowest BCUT2D eigenvalue weighted by Gasteiger charge is -2.33. The fourth-order valence-electron chi connectivity index (χ4n) is 2.77. The summed E-state index contributed by atoms with van der Waals surface area (Å²) in [6.45, 7) is 1.56. The molecule has 14 heteroatoms. The highest BCUT2D eigenvalue weighted by Crippen LogP contribution is 2.32. The predicted molar refractivity (Wildman–Crippen MR) is 112 cm³/mol. The van der Waals surface area contributed by atoms with E-state index < -0.39 is 27.2 Å². The Balaban J connectivity index is 1.55. The van der Waals surface area contributed by atoms with Crippen molar-refractivity contribution in [3.63, 3.8) is 0 Å². The molecule has 3 rings (SSSR count). The van der Waals surface area contributed by atoms with E-state index in [2.05, 4.69) is 15.6 Å². The van der Waals surface area contributed by atoms with Crippen molar-refractivity contribution in [1.82, 2.24) is 20.2 Å². The number of fused-ring (bicyclic) bond motifs is 1. The lowest BCUT2D eigenvalue weighted by molar-refractivity contribution is -0.392. The van der Waals surface area contributed by atoms with E-state index in [1.54, 1.807) is 31.2 Å². The van der Waals surface area contributed by atoms with Gasteiger partial charge in [-0.05, 0) is 17.1 Å². The van der Waals surface area contributed by atoms with Crippen molar-refractivity contribution in [2.75, 3.05) is 13.2 Å². The molecule has 0 spiro atoms. The van der Waals surface area contributed by atoms with E-state index in [0.717, 1.165) is 6.20 Å². The van der Waals surface area contributed by atoms with Crippen LogP contribution in [0.25, 0.3) is 0 Å². The van der Waals surface area contributed by atoms with Crippen molar-refractivity contribution in [3.8, 4) is 11.5 Å². The summed E-state index contributed by atoms with van der Waals surface area (Å²) in [5.74, 6) is 1.26. The summed E-state index contributed by atoms with van der Waals surface area (Å²) in [5, 5.41) is 16.2. The number of hydrogen-bond donors (Lipinski definition) is 2. The average Bonchev–Trinajstić information content (AvgIpc) is 3.07. The van der Waals surface area contributed by atoms with Crippen LogP contribution in [0.15, 0.2) is 30.5 Å². The summed E-state index contributed by atoms with van der Waals surface area (Å²) < 4.78 is 15.7. The zero-order valence-corrected chi connectivity index (χ0v) is 18.4. The molecule has 31 heavy (non-hydrogen) atoms. The highest BCUT2D eigenvalue weighted by molar-refractivity contribution is 6.68. The van der Waals surface area contributed by atoms with Crippen molar-refractivity contribution in [3.05, 3.63) is 46.4 Å². The number of alkyl halides is 3. The van der Waals surface area contributed by atoms with Gasteiger partial charge < -0.3 is 29.6 Å². The predicted octanol–water partition coefficient (Wildman–Crippen LogP) is 2.91. The van der Waals surface area contributed by atoms with Crippen LogP contribution in [-0.2, 0) is 11.3 Å².